The fourth-order valence-corrected chi connectivity index (χ4v) is 1.54. The van der Waals surface area contributed by atoms with Crippen LogP contribution >= 0.6 is 11.6 Å². The Bertz CT molecular complexity index is 524. The summed E-state index contributed by atoms with van der Waals surface area (Å²) in [7, 11) is 0. The standard InChI is InChI=1S/C10H10ClFN4/c1-5-14-9(13)10(15-5)16-8-3-2-6(12)4-7(8)11/h2-4,16H,13H2,1H3,(H,14,15). The minimum atomic E-state index is -0.387. The van der Waals surface area contributed by atoms with Crippen LogP contribution in [0.4, 0.5) is 21.7 Å². The van der Waals surface area contributed by atoms with Crippen LogP contribution in [0.1, 0.15) is 5.82 Å². The highest BCUT2D eigenvalue weighted by molar-refractivity contribution is 6.33. The molecule has 0 unspecified atom stereocenters. The van der Waals surface area contributed by atoms with E-state index in [0.717, 1.165) is 0 Å². The summed E-state index contributed by atoms with van der Waals surface area (Å²) in [4.78, 5) is 6.97. The van der Waals surface area contributed by atoms with Crippen molar-refractivity contribution in [2.24, 2.45) is 0 Å². The van der Waals surface area contributed by atoms with E-state index < -0.39 is 0 Å². The molecule has 2 aromatic rings. The van der Waals surface area contributed by atoms with Gasteiger partial charge in [-0.1, -0.05) is 11.6 Å². The van der Waals surface area contributed by atoms with Gasteiger partial charge in [-0.15, -0.1) is 0 Å². The largest absolute Gasteiger partial charge is 0.382 e. The number of aromatic amines is 1. The highest BCUT2D eigenvalue weighted by Crippen LogP contribution is 2.27. The molecule has 0 bridgehead atoms. The second kappa shape index (κ2) is 4.02. The zero-order chi connectivity index (χ0) is 11.7. The van der Waals surface area contributed by atoms with E-state index in [1.165, 1.54) is 18.2 Å². The monoisotopic (exact) mass is 240 g/mol. The van der Waals surface area contributed by atoms with Crippen molar-refractivity contribution in [1.29, 1.82) is 0 Å². The molecule has 0 saturated carbocycles. The molecule has 0 aliphatic rings. The number of nitrogens with two attached hydrogens (primary N) is 1. The summed E-state index contributed by atoms with van der Waals surface area (Å²) in [5, 5.41) is 3.20. The van der Waals surface area contributed by atoms with Crippen LogP contribution in [-0.2, 0) is 0 Å². The Kier molecular flexibility index (Phi) is 2.70. The van der Waals surface area contributed by atoms with Crippen LogP contribution in [0.15, 0.2) is 18.2 Å². The van der Waals surface area contributed by atoms with E-state index in [-0.39, 0.29) is 10.8 Å². The number of benzene rings is 1. The number of halogens is 2. The molecule has 0 aliphatic carbocycles. The first-order valence-electron chi connectivity index (χ1n) is 4.60. The molecule has 0 radical (unpaired) electrons. The van der Waals surface area contributed by atoms with Gasteiger partial charge in [-0.25, -0.2) is 9.37 Å². The smallest absolute Gasteiger partial charge is 0.173 e. The van der Waals surface area contributed by atoms with Crippen molar-refractivity contribution in [2.45, 2.75) is 6.92 Å². The third-order valence-corrected chi connectivity index (χ3v) is 2.35. The highest BCUT2D eigenvalue weighted by atomic mass is 35.5. The lowest BCUT2D eigenvalue weighted by molar-refractivity contribution is 0.628. The molecule has 84 valence electrons. The van der Waals surface area contributed by atoms with E-state index in [0.29, 0.717) is 23.1 Å². The van der Waals surface area contributed by atoms with Crippen molar-refractivity contribution >= 4 is 28.9 Å². The van der Waals surface area contributed by atoms with E-state index in [1.807, 2.05) is 0 Å². The van der Waals surface area contributed by atoms with Crippen LogP contribution in [0, 0.1) is 12.7 Å². The number of imidazole rings is 1. The molecule has 0 amide bonds. The Hall–Kier alpha value is -1.75. The summed E-state index contributed by atoms with van der Waals surface area (Å²) in [5.74, 6) is 1.20. The van der Waals surface area contributed by atoms with Gasteiger partial charge in [-0.05, 0) is 25.1 Å². The first-order valence-corrected chi connectivity index (χ1v) is 4.98. The maximum absolute atomic E-state index is 12.8. The summed E-state index contributed by atoms with van der Waals surface area (Å²) in [6, 6.07) is 4.06. The zero-order valence-electron chi connectivity index (χ0n) is 8.51. The second-order valence-electron chi connectivity index (χ2n) is 3.33. The van der Waals surface area contributed by atoms with Crippen LogP contribution in [-0.4, -0.2) is 9.97 Å². The predicted octanol–water partition coefficient (Wildman–Crippen LogP) is 2.84. The molecule has 1 aromatic heterocycles. The maximum atomic E-state index is 12.8. The number of H-pyrrole nitrogens is 1. The Labute approximate surface area is 96.6 Å². The average molecular weight is 241 g/mol. The van der Waals surface area contributed by atoms with Crippen LogP contribution in [0.2, 0.25) is 5.02 Å². The number of rotatable bonds is 2. The molecule has 0 atom stereocenters. The number of nitrogens with zero attached hydrogens (tertiary/aromatic N) is 1. The van der Waals surface area contributed by atoms with Crippen molar-refractivity contribution in [1.82, 2.24) is 9.97 Å². The van der Waals surface area contributed by atoms with Gasteiger partial charge in [0.2, 0.25) is 0 Å². The minimum Gasteiger partial charge on any atom is -0.382 e. The molecule has 16 heavy (non-hydrogen) atoms. The van der Waals surface area contributed by atoms with Crippen LogP contribution in [0.5, 0.6) is 0 Å². The van der Waals surface area contributed by atoms with Gasteiger partial charge in [0.1, 0.15) is 17.5 Å². The quantitative estimate of drug-likeness (QED) is 0.756. The molecular weight excluding hydrogens is 231 g/mol. The Balaban J connectivity index is 2.30. The fraction of sp³-hybridized carbons (Fsp3) is 0.100. The SMILES string of the molecule is Cc1nc(Nc2ccc(F)cc2Cl)c(N)[nH]1. The molecule has 0 saturated heterocycles. The molecule has 0 aliphatic heterocycles. The van der Waals surface area contributed by atoms with Crippen LogP contribution in [0.3, 0.4) is 0 Å². The van der Waals surface area contributed by atoms with E-state index in [2.05, 4.69) is 15.3 Å². The maximum Gasteiger partial charge on any atom is 0.173 e. The van der Waals surface area contributed by atoms with Crippen molar-refractivity contribution in [3.63, 3.8) is 0 Å². The molecule has 1 aromatic carbocycles. The topological polar surface area (TPSA) is 66.7 Å². The Morgan fingerprint density at radius 1 is 1.50 bits per heavy atom. The highest BCUT2D eigenvalue weighted by Gasteiger charge is 2.07. The lowest BCUT2D eigenvalue weighted by atomic mass is 10.3. The van der Waals surface area contributed by atoms with Gasteiger partial charge in [-0.2, -0.15) is 0 Å². The molecule has 6 heteroatoms. The number of nitrogens with one attached hydrogen (secondary N) is 2. The molecule has 0 spiro atoms. The van der Waals surface area contributed by atoms with Gasteiger partial charge in [0, 0.05) is 0 Å². The molecule has 0 fully saturated rings. The Morgan fingerprint density at radius 3 is 2.81 bits per heavy atom. The van der Waals surface area contributed by atoms with Crippen molar-refractivity contribution in [2.75, 3.05) is 11.1 Å². The predicted molar refractivity (Wildman–Crippen MR) is 62.4 cm³/mol. The van der Waals surface area contributed by atoms with Gasteiger partial charge < -0.3 is 16.0 Å². The summed E-state index contributed by atoms with van der Waals surface area (Å²) in [5.41, 5.74) is 6.23. The van der Waals surface area contributed by atoms with E-state index in [1.54, 1.807) is 6.92 Å². The first-order chi connectivity index (χ1) is 7.56. The fourth-order valence-electron chi connectivity index (χ4n) is 1.32. The molecule has 4 N–H and O–H groups in total. The lowest BCUT2D eigenvalue weighted by Crippen LogP contribution is -1.96. The van der Waals surface area contributed by atoms with Gasteiger partial charge in [0.05, 0.1) is 10.7 Å². The summed E-state index contributed by atoms with van der Waals surface area (Å²) < 4.78 is 12.8. The van der Waals surface area contributed by atoms with Gasteiger partial charge >= 0.3 is 0 Å². The first kappa shape index (κ1) is 10.8. The third-order valence-electron chi connectivity index (χ3n) is 2.03. The number of aryl methyl sites for hydroxylation is 1. The average Bonchev–Trinajstić information content (AvgIpc) is 2.50. The number of nitrogen functional groups attached to an aromatic ring is 1. The number of aromatic nitrogens is 2. The van der Waals surface area contributed by atoms with E-state index in [9.17, 15) is 4.39 Å². The minimum absolute atomic E-state index is 0.278. The third kappa shape index (κ3) is 2.09. The Morgan fingerprint density at radius 2 is 2.25 bits per heavy atom. The van der Waals surface area contributed by atoms with Crippen molar-refractivity contribution < 1.29 is 4.39 Å². The number of anilines is 3. The number of hydrogen-bond donors (Lipinski definition) is 3. The molecule has 2 rings (SSSR count). The zero-order valence-corrected chi connectivity index (χ0v) is 9.27. The van der Waals surface area contributed by atoms with E-state index in [4.69, 9.17) is 17.3 Å². The lowest BCUT2D eigenvalue weighted by Gasteiger charge is -2.05. The normalized spacial score (nSPS) is 10.4. The van der Waals surface area contributed by atoms with Gasteiger partial charge in [0.25, 0.3) is 0 Å². The summed E-state index contributed by atoms with van der Waals surface area (Å²) in [6.07, 6.45) is 0. The second-order valence-corrected chi connectivity index (χ2v) is 3.74. The molecule has 4 nitrogen and oxygen atoms in total. The number of hydrogen-bond acceptors (Lipinski definition) is 3. The molecular formula is C10H10ClFN4. The summed E-state index contributed by atoms with van der Waals surface area (Å²) in [6.45, 7) is 1.79. The van der Waals surface area contributed by atoms with Crippen LogP contribution in [0.25, 0.3) is 0 Å². The van der Waals surface area contributed by atoms with E-state index >= 15 is 0 Å². The summed E-state index contributed by atoms with van der Waals surface area (Å²) >= 11 is 5.86. The van der Waals surface area contributed by atoms with Gasteiger partial charge in [0.15, 0.2) is 5.82 Å². The van der Waals surface area contributed by atoms with Crippen LogP contribution < -0.4 is 11.1 Å². The van der Waals surface area contributed by atoms with Crippen molar-refractivity contribution in [3.8, 4) is 0 Å². The molecule has 1 heterocycles. The van der Waals surface area contributed by atoms with Gasteiger partial charge in [-0.3, -0.25) is 0 Å². The van der Waals surface area contributed by atoms with Crippen molar-refractivity contribution in [3.05, 3.63) is 34.9 Å².